The molecule has 0 spiro atoms. The molecule has 0 N–H and O–H groups in total. The van der Waals surface area contributed by atoms with Crippen LogP contribution in [0.3, 0.4) is 0 Å². The molecule has 0 saturated heterocycles. The Morgan fingerprint density at radius 1 is 0.667 bits per heavy atom. The van der Waals surface area contributed by atoms with Gasteiger partial charge >= 0.3 is 0 Å². The van der Waals surface area contributed by atoms with Crippen LogP contribution in [0.5, 0.6) is 0 Å². The highest BCUT2D eigenvalue weighted by molar-refractivity contribution is 6.60. The van der Waals surface area contributed by atoms with Gasteiger partial charge in [0.25, 0.3) is 0 Å². The van der Waals surface area contributed by atoms with E-state index in [4.69, 9.17) is 0 Å². The summed E-state index contributed by atoms with van der Waals surface area (Å²) < 4.78 is 0. The van der Waals surface area contributed by atoms with Gasteiger partial charge in [0.05, 0.1) is 0 Å². The van der Waals surface area contributed by atoms with E-state index in [0.29, 0.717) is 0 Å². The molecule has 0 aromatic heterocycles. The van der Waals surface area contributed by atoms with Crippen LogP contribution in [0.15, 0.2) is 0 Å². The van der Waals surface area contributed by atoms with E-state index in [1.807, 2.05) is 0 Å². The standard InChI is InChI=1S/C7H17B.C4H10/c1-6(2)8(5)7(3)4;1-4(2)3/h6-7H,1-5H3;4H,1-3H3. The number of rotatable bonds is 2. The first kappa shape index (κ1) is 14.6. The molecule has 0 aromatic carbocycles. The van der Waals surface area contributed by atoms with Crippen molar-refractivity contribution in [3.8, 4) is 0 Å². The molecule has 12 heavy (non-hydrogen) atoms. The molecule has 0 nitrogen and oxygen atoms in total. The second-order valence-electron chi connectivity index (χ2n) is 5.08. The van der Waals surface area contributed by atoms with Crippen LogP contribution in [0, 0.1) is 5.92 Å². The van der Waals surface area contributed by atoms with Crippen LogP contribution in [0.25, 0.3) is 0 Å². The second-order valence-corrected chi connectivity index (χ2v) is 5.08. The van der Waals surface area contributed by atoms with Crippen LogP contribution in [0.2, 0.25) is 18.5 Å². The zero-order valence-electron chi connectivity index (χ0n) is 10.3. The van der Waals surface area contributed by atoms with Gasteiger partial charge in [-0.05, 0) is 5.92 Å². The van der Waals surface area contributed by atoms with Crippen LogP contribution in [0.4, 0.5) is 0 Å². The van der Waals surface area contributed by atoms with E-state index in [0.717, 1.165) is 24.3 Å². The van der Waals surface area contributed by atoms with E-state index in [9.17, 15) is 0 Å². The Morgan fingerprint density at radius 2 is 0.833 bits per heavy atom. The van der Waals surface area contributed by atoms with Gasteiger partial charge in [0, 0.05) is 0 Å². The molecule has 0 aliphatic rings. The fraction of sp³-hybridized carbons (Fsp3) is 1.00. The SMILES string of the molecule is CB(C(C)C)C(C)C.CC(C)C. The lowest BCUT2D eigenvalue weighted by Crippen LogP contribution is -2.15. The highest BCUT2D eigenvalue weighted by Gasteiger charge is 2.14. The quantitative estimate of drug-likeness (QED) is 0.531. The molecule has 0 fully saturated rings. The zero-order chi connectivity index (χ0) is 10.3. The van der Waals surface area contributed by atoms with Crippen molar-refractivity contribution in [2.45, 2.75) is 66.9 Å². The van der Waals surface area contributed by atoms with E-state index in [1.54, 1.807) is 0 Å². The van der Waals surface area contributed by atoms with Gasteiger partial charge in [0.2, 0.25) is 0 Å². The monoisotopic (exact) mass is 170 g/mol. The molecule has 0 bridgehead atoms. The van der Waals surface area contributed by atoms with E-state index in [1.165, 1.54) is 0 Å². The smallest absolute Gasteiger partial charge is 0.0857 e. The predicted octanol–water partition coefficient (Wildman–Crippen LogP) is 4.59. The van der Waals surface area contributed by atoms with Crippen LogP contribution in [-0.4, -0.2) is 6.71 Å². The summed E-state index contributed by atoms with van der Waals surface area (Å²) in [5.74, 6) is 2.52. The van der Waals surface area contributed by atoms with Gasteiger partial charge in [0.15, 0.2) is 0 Å². The summed E-state index contributed by atoms with van der Waals surface area (Å²) in [6, 6.07) is 0. The molecular weight excluding hydrogens is 143 g/mol. The second kappa shape index (κ2) is 7.70. The first-order valence-electron chi connectivity index (χ1n) is 5.29. The molecule has 0 saturated carbocycles. The fourth-order valence-corrected chi connectivity index (χ4v) is 0.770. The van der Waals surface area contributed by atoms with Crippen molar-refractivity contribution < 1.29 is 0 Å². The Balaban J connectivity index is 0. The number of hydrogen-bond acceptors (Lipinski definition) is 0. The van der Waals surface area contributed by atoms with E-state index >= 15 is 0 Å². The molecule has 0 heterocycles. The predicted molar refractivity (Wildman–Crippen MR) is 62.3 cm³/mol. The Kier molecular flexibility index (Phi) is 9.36. The van der Waals surface area contributed by atoms with E-state index in [-0.39, 0.29) is 0 Å². The van der Waals surface area contributed by atoms with Gasteiger partial charge < -0.3 is 0 Å². The van der Waals surface area contributed by atoms with Crippen molar-refractivity contribution in [2.75, 3.05) is 0 Å². The van der Waals surface area contributed by atoms with E-state index in [2.05, 4.69) is 55.3 Å². The Labute approximate surface area is 80.2 Å². The summed E-state index contributed by atoms with van der Waals surface area (Å²) in [5, 5.41) is 0. The zero-order valence-corrected chi connectivity index (χ0v) is 10.3. The van der Waals surface area contributed by atoms with Gasteiger partial charge in [-0.15, -0.1) is 0 Å². The maximum Gasteiger partial charge on any atom is 0.142 e. The van der Waals surface area contributed by atoms with Gasteiger partial charge in [-0.1, -0.05) is 66.9 Å². The van der Waals surface area contributed by atoms with E-state index < -0.39 is 0 Å². The molecule has 0 amide bonds. The molecule has 0 unspecified atom stereocenters. The molecule has 0 aromatic rings. The molecule has 0 radical (unpaired) electrons. The van der Waals surface area contributed by atoms with Crippen molar-refractivity contribution in [2.24, 2.45) is 5.92 Å². The van der Waals surface area contributed by atoms with Crippen molar-refractivity contribution in [1.82, 2.24) is 0 Å². The summed E-state index contributed by atoms with van der Waals surface area (Å²) in [6.07, 6.45) is 0. The Hall–Kier alpha value is 0.0649. The summed E-state index contributed by atoms with van der Waals surface area (Å²) in [5.41, 5.74) is 0. The van der Waals surface area contributed by atoms with Crippen LogP contribution >= 0.6 is 0 Å². The minimum atomic E-state index is 0.833. The first-order chi connectivity index (χ1) is 5.29. The van der Waals surface area contributed by atoms with Crippen LogP contribution in [-0.2, 0) is 0 Å². The molecule has 74 valence electrons. The maximum atomic E-state index is 2.31. The molecule has 0 rings (SSSR count). The highest BCUT2D eigenvalue weighted by Crippen LogP contribution is 2.18. The lowest BCUT2D eigenvalue weighted by Gasteiger charge is -2.14. The fourth-order valence-electron chi connectivity index (χ4n) is 0.770. The average Bonchev–Trinajstić information content (AvgIpc) is 1.84. The maximum absolute atomic E-state index is 2.31. The molecule has 0 aliphatic carbocycles. The highest BCUT2D eigenvalue weighted by atomic mass is 13.9. The lowest BCUT2D eigenvalue weighted by atomic mass is 9.37. The summed E-state index contributed by atoms with van der Waals surface area (Å²) >= 11 is 0. The molecule has 1 heteroatoms. The summed E-state index contributed by atoms with van der Waals surface area (Å²) in [6.45, 7) is 18.8. The Bertz CT molecular complexity index is 74.3. The molecule has 0 aliphatic heterocycles. The third kappa shape index (κ3) is 12.7. The third-order valence-corrected chi connectivity index (χ3v) is 2.10. The van der Waals surface area contributed by atoms with Gasteiger partial charge in [-0.2, -0.15) is 0 Å². The summed E-state index contributed by atoms with van der Waals surface area (Å²) in [7, 11) is 0. The first-order valence-corrected chi connectivity index (χ1v) is 5.29. The third-order valence-electron chi connectivity index (χ3n) is 2.10. The Morgan fingerprint density at radius 3 is 0.833 bits per heavy atom. The van der Waals surface area contributed by atoms with Crippen molar-refractivity contribution in [1.29, 1.82) is 0 Å². The topological polar surface area (TPSA) is 0 Å². The van der Waals surface area contributed by atoms with Gasteiger partial charge in [-0.25, -0.2) is 0 Å². The van der Waals surface area contributed by atoms with Gasteiger partial charge in [-0.3, -0.25) is 0 Å². The van der Waals surface area contributed by atoms with Crippen molar-refractivity contribution >= 4 is 6.71 Å². The van der Waals surface area contributed by atoms with Gasteiger partial charge in [0.1, 0.15) is 6.71 Å². The van der Waals surface area contributed by atoms with Crippen molar-refractivity contribution in [3.63, 3.8) is 0 Å². The molecular formula is C11H27B. The average molecular weight is 170 g/mol. The van der Waals surface area contributed by atoms with Crippen LogP contribution < -0.4 is 0 Å². The number of hydrogen-bond donors (Lipinski definition) is 0. The normalized spacial score (nSPS) is 10.2. The van der Waals surface area contributed by atoms with Crippen molar-refractivity contribution in [3.05, 3.63) is 0 Å². The van der Waals surface area contributed by atoms with Crippen LogP contribution in [0.1, 0.15) is 48.5 Å². The largest absolute Gasteiger partial charge is 0.142 e. The minimum Gasteiger partial charge on any atom is -0.0857 e. The molecule has 0 atom stereocenters. The summed E-state index contributed by atoms with van der Waals surface area (Å²) in [4.78, 5) is 0. The minimum absolute atomic E-state index is 0.833. The lowest BCUT2D eigenvalue weighted by molar-refractivity contribution is 0.737.